The van der Waals surface area contributed by atoms with Crippen molar-refractivity contribution in [1.82, 2.24) is 0 Å². The number of rotatable bonds is 6. The molecule has 23 heavy (non-hydrogen) atoms. The minimum Gasteiger partial charge on any atom is -0.466 e. The molecule has 0 saturated heterocycles. The third-order valence-corrected chi connectivity index (χ3v) is 3.20. The number of hydrogen-bond acceptors (Lipinski definition) is 5. The average molecular weight is 341 g/mol. The van der Waals surface area contributed by atoms with E-state index in [9.17, 15) is 9.18 Å². The van der Waals surface area contributed by atoms with Crippen LogP contribution in [0.5, 0.6) is 17.2 Å². The second kappa shape index (κ2) is 7.80. The number of hydrogen-bond donors (Lipinski definition) is 0. The zero-order valence-corrected chi connectivity index (χ0v) is 13.2. The van der Waals surface area contributed by atoms with Crippen LogP contribution in [0.25, 0.3) is 0 Å². The highest BCUT2D eigenvalue weighted by Crippen LogP contribution is 2.37. The molecule has 0 fully saturated rings. The molecule has 0 N–H and O–H groups in total. The Balaban J connectivity index is 2.36. The quantitative estimate of drug-likeness (QED) is 0.586. The fourth-order valence-electron chi connectivity index (χ4n) is 1.78. The van der Waals surface area contributed by atoms with Crippen molar-refractivity contribution in [2.45, 2.75) is 0 Å². The van der Waals surface area contributed by atoms with Crippen LogP contribution in [-0.2, 0) is 9.47 Å². The maximum absolute atomic E-state index is 13.5. The summed E-state index contributed by atoms with van der Waals surface area (Å²) in [6.07, 6.45) is 0. The highest BCUT2D eigenvalue weighted by molar-refractivity contribution is 6.33. The Morgan fingerprint density at radius 3 is 2.57 bits per heavy atom. The molecule has 122 valence electrons. The number of halogens is 2. The Kier molecular flexibility index (Phi) is 5.78. The molecule has 7 heteroatoms. The molecule has 0 saturated carbocycles. The van der Waals surface area contributed by atoms with Crippen molar-refractivity contribution in [3.05, 3.63) is 52.8 Å². The van der Waals surface area contributed by atoms with Gasteiger partial charge in [-0.3, -0.25) is 0 Å². The van der Waals surface area contributed by atoms with Gasteiger partial charge in [-0.05, 0) is 24.3 Å². The highest BCUT2D eigenvalue weighted by Gasteiger charge is 2.17. The normalized spacial score (nSPS) is 10.3. The molecule has 0 spiro atoms. The van der Waals surface area contributed by atoms with Crippen LogP contribution in [0.1, 0.15) is 10.4 Å². The first-order chi connectivity index (χ1) is 11.1. The van der Waals surface area contributed by atoms with Gasteiger partial charge in [0, 0.05) is 13.2 Å². The van der Waals surface area contributed by atoms with Gasteiger partial charge < -0.3 is 18.9 Å². The zero-order valence-electron chi connectivity index (χ0n) is 12.5. The lowest BCUT2D eigenvalue weighted by Gasteiger charge is -2.13. The van der Waals surface area contributed by atoms with Crippen molar-refractivity contribution in [3.63, 3.8) is 0 Å². The molecule has 0 aliphatic carbocycles. The number of ether oxygens (including phenoxy) is 4. The van der Waals surface area contributed by atoms with Crippen LogP contribution in [-0.4, -0.2) is 27.0 Å². The largest absolute Gasteiger partial charge is 0.466 e. The molecule has 0 amide bonds. The molecular weight excluding hydrogens is 327 g/mol. The number of esters is 1. The van der Waals surface area contributed by atoms with E-state index in [0.717, 1.165) is 12.1 Å². The van der Waals surface area contributed by atoms with Crippen LogP contribution < -0.4 is 9.47 Å². The van der Waals surface area contributed by atoms with Gasteiger partial charge in [-0.1, -0.05) is 17.7 Å². The van der Waals surface area contributed by atoms with Gasteiger partial charge in [0.25, 0.3) is 0 Å². The molecule has 2 aromatic rings. The van der Waals surface area contributed by atoms with E-state index in [1.165, 1.54) is 20.3 Å². The van der Waals surface area contributed by atoms with Crippen LogP contribution >= 0.6 is 11.6 Å². The van der Waals surface area contributed by atoms with Crippen LogP contribution in [0.3, 0.4) is 0 Å². The smallest absolute Gasteiger partial charge is 0.341 e. The molecule has 5 nitrogen and oxygen atoms in total. The van der Waals surface area contributed by atoms with Crippen LogP contribution in [0, 0.1) is 5.82 Å². The maximum atomic E-state index is 13.5. The van der Waals surface area contributed by atoms with Crippen LogP contribution in [0.4, 0.5) is 4.39 Å². The van der Waals surface area contributed by atoms with Gasteiger partial charge in [0.1, 0.15) is 33.7 Å². The van der Waals surface area contributed by atoms with E-state index >= 15 is 0 Å². The van der Waals surface area contributed by atoms with Gasteiger partial charge in [0.05, 0.1) is 7.11 Å². The first-order valence-electron chi connectivity index (χ1n) is 6.52. The van der Waals surface area contributed by atoms with Crippen LogP contribution in [0.15, 0.2) is 36.4 Å². The summed E-state index contributed by atoms with van der Waals surface area (Å²) in [7, 11) is 2.70. The van der Waals surface area contributed by atoms with E-state index in [2.05, 4.69) is 4.74 Å². The van der Waals surface area contributed by atoms with Crippen molar-refractivity contribution < 1.29 is 28.1 Å². The Labute approximate surface area is 137 Å². The lowest BCUT2D eigenvalue weighted by Crippen LogP contribution is -2.04. The summed E-state index contributed by atoms with van der Waals surface area (Å²) in [4.78, 5) is 11.7. The lowest BCUT2D eigenvalue weighted by atomic mass is 10.2. The van der Waals surface area contributed by atoms with E-state index in [-0.39, 0.29) is 28.9 Å². The van der Waals surface area contributed by atoms with E-state index in [0.29, 0.717) is 5.75 Å². The summed E-state index contributed by atoms with van der Waals surface area (Å²) in [6, 6.07) is 8.32. The fraction of sp³-hybridized carbons (Fsp3) is 0.188. The molecule has 0 aliphatic heterocycles. The summed E-state index contributed by atoms with van der Waals surface area (Å²) in [5.41, 5.74) is 0.0770. The maximum Gasteiger partial charge on any atom is 0.341 e. The zero-order chi connectivity index (χ0) is 16.8. The van der Waals surface area contributed by atoms with Crippen molar-refractivity contribution >= 4 is 17.6 Å². The third-order valence-electron chi connectivity index (χ3n) is 2.83. The van der Waals surface area contributed by atoms with E-state index in [1.54, 1.807) is 18.2 Å². The molecule has 2 rings (SSSR count). The van der Waals surface area contributed by atoms with Gasteiger partial charge in [-0.2, -0.15) is 0 Å². The summed E-state index contributed by atoms with van der Waals surface area (Å²) >= 11 is 6.18. The minimum atomic E-state index is -0.650. The Hall–Kier alpha value is -2.31. The topological polar surface area (TPSA) is 54.0 Å². The van der Waals surface area contributed by atoms with E-state index < -0.39 is 11.8 Å². The van der Waals surface area contributed by atoms with Crippen molar-refractivity contribution in [2.24, 2.45) is 0 Å². The second-order valence-corrected chi connectivity index (χ2v) is 4.73. The van der Waals surface area contributed by atoms with Gasteiger partial charge in [0.15, 0.2) is 6.79 Å². The number of carbonyl (C=O) groups is 1. The third kappa shape index (κ3) is 4.12. The molecule has 0 heterocycles. The monoisotopic (exact) mass is 340 g/mol. The predicted molar refractivity (Wildman–Crippen MR) is 81.8 cm³/mol. The average Bonchev–Trinajstić information content (AvgIpc) is 2.55. The first-order valence-corrected chi connectivity index (χ1v) is 6.90. The summed E-state index contributed by atoms with van der Waals surface area (Å²) in [5.74, 6) is -0.681. The minimum absolute atomic E-state index is 0.0105. The lowest BCUT2D eigenvalue weighted by molar-refractivity contribution is 0.0511. The molecular formula is C16H14ClFO5. The molecule has 0 aromatic heterocycles. The summed E-state index contributed by atoms with van der Waals surface area (Å²) in [5, 5.41) is 0.171. The van der Waals surface area contributed by atoms with Gasteiger partial charge >= 0.3 is 5.97 Å². The van der Waals surface area contributed by atoms with Gasteiger partial charge in [-0.25, -0.2) is 9.18 Å². The van der Waals surface area contributed by atoms with Gasteiger partial charge in [-0.15, -0.1) is 0 Å². The standard InChI is InChI=1S/C16H14ClFO5/c1-20-9-22-12-4-3-5-13(15(12)17)23-14-8-10(18)6-7-11(14)16(19)21-2/h3-8H,9H2,1-2H3. The predicted octanol–water partition coefficient (Wildman–Crippen LogP) is 4.04. The van der Waals surface area contributed by atoms with Gasteiger partial charge in [0.2, 0.25) is 0 Å². The fourth-order valence-corrected chi connectivity index (χ4v) is 2.00. The first kappa shape index (κ1) is 17.1. The van der Waals surface area contributed by atoms with E-state index in [1.807, 2.05) is 0 Å². The Morgan fingerprint density at radius 2 is 1.87 bits per heavy atom. The van der Waals surface area contributed by atoms with Crippen molar-refractivity contribution in [3.8, 4) is 17.2 Å². The molecule has 0 aliphatic rings. The molecule has 0 unspecified atom stereocenters. The number of carbonyl (C=O) groups excluding carboxylic acids is 1. The Bertz CT molecular complexity index is 705. The molecule has 0 radical (unpaired) electrons. The van der Waals surface area contributed by atoms with E-state index in [4.69, 9.17) is 25.8 Å². The molecule has 2 aromatic carbocycles. The SMILES string of the molecule is COCOc1cccc(Oc2cc(F)ccc2C(=O)OC)c1Cl. The number of methoxy groups -OCH3 is 2. The second-order valence-electron chi connectivity index (χ2n) is 4.35. The summed E-state index contributed by atoms with van der Waals surface area (Å²) < 4.78 is 33.8. The summed E-state index contributed by atoms with van der Waals surface area (Å²) in [6.45, 7) is 0.0105. The van der Waals surface area contributed by atoms with Crippen molar-refractivity contribution in [1.29, 1.82) is 0 Å². The van der Waals surface area contributed by atoms with Crippen molar-refractivity contribution in [2.75, 3.05) is 21.0 Å². The molecule has 0 atom stereocenters. The molecule has 0 bridgehead atoms. The Morgan fingerprint density at radius 1 is 1.13 bits per heavy atom. The highest BCUT2D eigenvalue weighted by atomic mass is 35.5. The van der Waals surface area contributed by atoms with Crippen LogP contribution in [0.2, 0.25) is 5.02 Å². The number of benzene rings is 2.